The van der Waals surface area contributed by atoms with E-state index in [-0.39, 0.29) is 10.6 Å². The Morgan fingerprint density at radius 2 is 1.90 bits per heavy atom. The summed E-state index contributed by atoms with van der Waals surface area (Å²) < 4.78 is 28.3. The van der Waals surface area contributed by atoms with Gasteiger partial charge in [0.05, 0.1) is 11.4 Å². The Bertz CT molecular complexity index is 745. The number of benzene rings is 2. The van der Waals surface area contributed by atoms with E-state index in [0.717, 1.165) is 18.4 Å². The molecule has 0 aliphatic rings. The van der Waals surface area contributed by atoms with Crippen LogP contribution in [0, 0.1) is 0 Å². The molecule has 0 saturated heterocycles. The van der Waals surface area contributed by atoms with Crippen LogP contribution in [0.3, 0.4) is 0 Å². The van der Waals surface area contributed by atoms with E-state index >= 15 is 0 Å². The van der Waals surface area contributed by atoms with Gasteiger partial charge in [-0.1, -0.05) is 47.5 Å². The minimum absolute atomic E-state index is 0.0724. The van der Waals surface area contributed by atoms with E-state index in [1.807, 2.05) is 12.1 Å². The van der Waals surface area contributed by atoms with Gasteiger partial charge in [0.2, 0.25) is 0 Å². The van der Waals surface area contributed by atoms with Crippen LogP contribution in [0.2, 0.25) is 0 Å². The number of hydrogen-bond donors (Lipinski definition) is 2. The van der Waals surface area contributed by atoms with E-state index in [2.05, 4.69) is 27.6 Å². The normalized spacial score (nSPS) is 11.3. The average molecular weight is 369 g/mol. The van der Waals surface area contributed by atoms with Crippen molar-refractivity contribution in [2.24, 2.45) is 0 Å². The molecule has 4 nitrogen and oxygen atoms in total. The molecule has 21 heavy (non-hydrogen) atoms. The van der Waals surface area contributed by atoms with Crippen molar-refractivity contribution in [2.45, 2.75) is 24.7 Å². The molecule has 0 amide bonds. The lowest BCUT2D eigenvalue weighted by molar-refractivity contribution is 0.601. The molecule has 6 heteroatoms. The third-order valence-electron chi connectivity index (χ3n) is 3.05. The van der Waals surface area contributed by atoms with Crippen LogP contribution in [0.15, 0.2) is 51.8 Å². The maximum atomic E-state index is 12.5. The van der Waals surface area contributed by atoms with E-state index in [0.29, 0.717) is 10.2 Å². The Labute approximate surface area is 133 Å². The van der Waals surface area contributed by atoms with Crippen LogP contribution in [-0.2, 0) is 16.4 Å². The van der Waals surface area contributed by atoms with Crippen molar-refractivity contribution in [1.29, 1.82) is 0 Å². The van der Waals surface area contributed by atoms with Crippen molar-refractivity contribution in [2.75, 3.05) is 10.5 Å². The van der Waals surface area contributed by atoms with Crippen molar-refractivity contribution in [3.05, 3.63) is 52.5 Å². The molecule has 112 valence electrons. The first kappa shape index (κ1) is 15.9. The van der Waals surface area contributed by atoms with E-state index in [1.54, 1.807) is 24.3 Å². The van der Waals surface area contributed by atoms with Crippen LogP contribution in [0.1, 0.15) is 18.9 Å². The second kappa shape index (κ2) is 6.49. The third kappa shape index (κ3) is 3.77. The van der Waals surface area contributed by atoms with Crippen molar-refractivity contribution >= 4 is 37.3 Å². The number of anilines is 2. The molecule has 3 N–H and O–H groups in total. The predicted molar refractivity (Wildman–Crippen MR) is 89.8 cm³/mol. The monoisotopic (exact) mass is 368 g/mol. The highest BCUT2D eigenvalue weighted by atomic mass is 79.9. The summed E-state index contributed by atoms with van der Waals surface area (Å²) in [6.45, 7) is 2.05. The molecule has 0 aliphatic heterocycles. The number of halogens is 1. The fourth-order valence-electron chi connectivity index (χ4n) is 2.05. The SMILES string of the molecule is CCCc1ccccc1NS(=O)(=O)c1cc(Br)ccc1N. The number of sulfonamides is 1. The molecule has 0 spiro atoms. The molecule has 0 aliphatic carbocycles. The molecule has 0 atom stereocenters. The Kier molecular flexibility index (Phi) is 4.90. The van der Waals surface area contributed by atoms with Crippen molar-refractivity contribution in [3.63, 3.8) is 0 Å². The second-order valence-corrected chi connectivity index (χ2v) is 7.26. The third-order valence-corrected chi connectivity index (χ3v) is 4.96. The zero-order valence-corrected chi connectivity index (χ0v) is 14.0. The Morgan fingerprint density at radius 3 is 2.62 bits per heavy atom. The number of hydrogen-bond acceptors (Lipinski definition) is 3. The van der Waals surface area contributed by atoms with Crippen LogP contribution in [0.4, 0.5) is 11.4 Å². The Balaban J connectivity index is 2.40. The summed E-state index contributed by atoms with van der Waals surface area (Å²) in [4.78, 5) is 0.0724. The highest BCUT2D eigenvalue weighted by Crippen LogP contribution is 2.26. The maximum Gasteiger partial charge on any atom is 0.263 e. The van der Waals surface area contributed by atoms with E-state index in [9.17, 15) is 8.42 Å². The minimum Gasteiger partial charge on any atom is -0.398 e. The van der Waals surface area contributed by atoms with Gasteiger partial charge >= 0.3 is 0 Å². The van der Waals surface area contributed by atoms with E-state index in [4.69, 9.17) is 5.73 Å². The number of aryl methyl sites for hydroxylation is 1. The van der Waals surface area contributed by atoms with Crippen LogP contribution in [0.25, 0.3) is 0 Å². The summed E-state index contributed by atoms with van der Waals surface area (Å²) in [5, 5.41) is 0. The highest BCUT2D eigenvalue weighted by Gasteiger charge is 2.19. The van der Waals surface area contributed by atoms with Crippen LogP contribution >= 0.6 is 15.9 Å². The first-order chi connectivity index (χ1) is 9.94. The van der Waals surface area contributed by atoms with Crippen LogP contribution in [-0.4, -0.2) is 8.42 Å². The molecule has 0 heterocycles. The van der Waals surface area contributed by atoms with Gasteiger partial charge in [-0.25, -0.2) is 8.42 Å². The summed E-state index contributed by atoms with van der Waals surface area (Å²) >= 11 is 3.27. The van der Waals surface area contributed by atoms with Gasteiger partial charge in [-0.3, -0.25) is 4.72 Å². The fourth-order valence-corrected chi connectivity index (χ4v) is 3.82. The van der Waals surface area contributed by atoms with Crippen molar-refractivity contribution in [1.82, 2.24) is 0 Å². The summed E-state index contributed by atoms with van der Waals surface area (Å²) in [5.41, 5.74) is 7.57. The van der Waals surface area contributed by atoms with Crippen molar-refractivity contribution in [3.8, 4) is 0 Å². The summed E-state index contributed by atoms with van der Waals surface area (Å²) in [7, 11) is -3.71. The summed E-state index contributed by atoms with van der Waals surface area (Å²) in [5.74, 6) is 0. The van der Waals surface area contributed by atoms with E-state index in [1.165, 1.54) is 6.07 Å². The highest BCUT2D eigenvalue weighted by molar-refractivity contribution is 9.10. The van der Waals surface area contributed by atoms with Gasteiger partial charge in [-0.15, -0.1) is 0 Å². The minimum atomic E-state index is -3.71. The van der Waals surface area contributed by atoms with E-state index < -0.39 is 10.0 Å². The Morgan fingerprint density at radius 1 is 1.19 bits per heavy atom. The number of para-hydroxylation sites is 1. The fraction of sp³-hybridized carbons (Fsp3) is 0.200. The molecule has 0 saturated carbocycles. The van der Waals surface area contributed by atoms with Gasteiger partial charge in [-0.2, -0.15) is 0 Å². The smallest absolute Gasteiger partial charge is 0.263 e. The number of nitrogens with two attached hydrogens (primary N) is 1. The number of rotatable bonds is 5. The molecule has 0 radical (unpaired) electrons. The molecular formula is C15H17BrN2O2S. The predicted octanol–water partition coefficient (Wildman–Crippen LogP) is 3.78. The lowest BCUT2D eigenvalue weighted by atomic mass is 10.1. The lowest BCUT2D eigenvalue weighted by Crippen LogP contribution is -2.16. The molecule has 0 fully saturated rings. The topological polar surface area (TPSA) is 72.2 Å². The molecule has 2 aromatic rings. The van der Waals surface area contributed by atoms with Gasteiger partial charge in [0.1, 0.15) is 4.90 Å². The quantitative estimate of drug-likeness (QED) is 0.788. The van der Waals surface area contributed by atoms with Gasteiger partial charge < -0.3 is 5.73 Å². The van der Waals surface area contributed by atoms with Gasteiger partial charge in [0, 0.05) is 4.47 Å². The molecule has 0 bridgehead atoms. The standard InChI is InChI=1S/C15H17BrN2O2S/c1-2-5-11-6-3-4-7-14(11)18-21(19,20)15-10-12(16)8-9-13(15)17/h3-4,6-10,18H,2,5,17H2,1H3. The van der Waals surface area contributed by atoms with Gasteiger partial charge in [0.25, 0.3) is 10.0 Å². The van der Waals surface area contributed by atoms with Crippen molar-refractivity contribution < 1.29 is 8.42 Å². The zero-order chi connectivity index (χ0) is 15.5. The number of nitrogens with one attached hydrogen (secondary N) is 1. The van der Waals surface area contributed by atoms with Gasteiger partial charge in [-0.05, 0) is 36.2 Å². The summed E-state index contributed by atoms with van der Waals surface area (Å²) in [6, 6.07) is 12.2. The molecule has 2 rings (SSSR count). The molecule has 0 unspecified atom stereocenters. The molecule has 2 aromatic carbocycles. The number of nitrogen functional groups attached to an aromatic ring is 1. The first-order valence-corrected chi connectivity index (χ1v) is 8.87. The first-order valence-electron chi connectivity index (χ1n) is 6.60. The average Bonchev–Trinajstić information content (AvgIpc) is 2.43. The Hall–Kier alpha value is -1.53. The largest absolute Gasteiger partial charge is 0.398 e. The molecular weight excluding hydrogens is 352 g/mol. The lowest BCUT2D eigenvalue weighted by Gasteiger charge is -2.13. The maximum absolute atomic E-state index is 12.5. The van der Waals surface area contributed by atoms with Crippen LogP contribution in [0.5, 0.6) is 0 Å². The summed E-state index contributed by atoms with van der Waals surface area (Å²) in [6.07, 6.45) is 1.75. The molecule has 0 aromatic heterocycles. The zero-order valence-electron chi connectivity index (χ0n) is 11.6. The second-order valence-electron chi connectivity index (χ2n) is 4.69. The van der Waals surface area contributed by atoms with Crippen LogP contribution < -0.4 is 10.5 Å². The van der Waals surface area contributed by atoms with Gasteiger partial charge in [0.15, 0.2) is 0 Å².